The summed E-state index contributed by atoms with van der Waals surface area (Å²) in [7, 11) is -3.49. The van der Waals surface area contributed by atoms with Gasteiger partial charge in [-0.25, -0.2) is 8.42 Å². The molecule has 20 heavy (non-hydrogen) atoms. The Morgan fingerprint density at radius 3 is 2.40 bits per heavy atom. The zero-order chi connectivity index (χ0) is 14.9. The van der Waals surface area contributed by atoms with Gasteiger partial charge in [-0.15, -0.1) is 11.3 Å². The number of hydrogen-bond donors (Lipinski definition) is 1. The minimum Gasteiger partial charge on any atom is -0.368 e. The van der Waals surface area contributed by atoms with Crippen LogP contribution in [-0.4, -0.2) is 55.8 Å². The van der Waals surface area contributed by atoms with Gasteiger partial charge in [0.25, 0.3) is 10.0 Å². The molecule has 1 fully saturated rings. The fraction of sp³-hybridized carbons (Fsp3) is 0.545. The first-order valence-electron chi connectivity index (χ1n) is 6.11. The molecule has 2 rings (SSSR count). The fourth-order valence-corrected chi connectivity index (χ4v) is 5.13. The van der Waals surface area contributed by atoms with Crippen LogP contribution in [0, 0.1) is 0 Å². The van der Waals surface area contributed by atoms with Crippen molar-refractivity contribution in [1.82, 2.24) is 9.21 Å². The lowest BCUT2D eigenvalue weighted by Crippen LogP contribution is -2.54. The molecule has 1 aliphatic heterocycles. The second-order valence-electron chi connectivity index (χ2n) is 4.58. The SMILES string of the molecule is C[C@H](C(N)=O)N1CCN(S(=O)(=O)c2ccc(Cl)s2)CC1. The monoisotopic (exact) mass is 337 g/mol. The molecule has 0 unspecified atom stereocenters. The van der Waals surface area contributed by atoms with E-state index in [1.165, 1.54) is 10.4 Å². The molecule has 0 radical (unpaired) electrons. The van der Waals surface area contributed by atoms with Gasteiger partial charge < -0.3 is 5.73 Å². The fourth-order valence-electron chi connectivity index (χ4n) is 2.07. The van der Waals surface area contributed by atoms with Crippen molar-refractivity contribution in [2.75, 3.05) is 26.2 Å². The van der Waals surface area contributed by atoms with E-state index in [1.807, 2.05) is 4.90 Å². The Bertz CT molecular complexity index is 594. The van der Waals surface area contributed by atoms with Gasteiger partial charge in [-0.1, -0.05) is 11.6 Å². The Morgan fingerprint density at radius 2 is 1.95 bits per heavy atom. The lowest BCUT2D eigenvalue weighted by molar-refractivity contribution is -0.123. The van der Waals surface area contributed by atoms with Gasteiger partial charge in [-0.3, -0.25) is 9.69 Å². The lowest BCUT2D eigenvalue weighted by atomic mass is 10.2. The average Bonchev–Trinajstić information content (AvgIpc) is 2.85. The van der Waals surface area contributed by atoms with E-state index >= 15 is 0 Å². The summed E-state index contributed by atoms with van der Waals surface area (Å²) in [5.41, 5.74) is 5.26. The highest BCUT2D eigenvalue weighted by Gasteiger charge is 2.31. The predicted octanol–water partition coefficient (Wildman–Crippen LogP) is 0.582. The number of thiophene rings is 1. The van der Waals surface area contributed by atoms with Crippen molar-refractivity contribution in [3.8, 4) is 0 Å². The first kappa shape index (κ1) is 15.7. The summed E-state index contributed by atoms with van der Waals surface area (Å²) in [6.45, 7) is 3.39. The Kier molecular flexibility index (Phi) is 4.70. The second kappa shape index (κ2) is 5.98. The van der Waals surface area contributed by atoms with Crippen molar-refractivity contribution in [2.45, 2.75) is 17.2 Å². The van der Waals surface area contributed by atoms with Crippen LogP contribution in [0.25, 0.3) is 0 Å². The topological polar surface area (TPSA) is 83.7 Å². The molecule has 1 amide bonds. The highest BCUT2D eigenvalue weighted by molar-refractivity contribution is 7.91. The van der Waals surface area contributed by atoms with Crippen molar-refractivity contribution < 1.29 is 13.2 Å². The van der Waals surface area contributed by atoms with Crippen LogP contribution in [-0.2, 0) is 14.8 Å². The third-order valence-electron chi connectivity index (χ3n) is 3.38. The van der Waals surface area contributed by atoms with Crippen molar-refractivity contribution in [2.24, 2.45) is 5.73 Å². The number of amides is 1. The highest BCUT2D eigenvalue weighted by atomic mass is 35.5. The molecular formula is C11H16ClN3O3S2. The van der Waals surface area contributed by atoms with Crippen LogP contribution in [0.4, 0.5) is 0 Å². The van der Waals surface area contributed by atoms with Crippen LogP contribution in [0.2, 0.25) is 4.34 Å². The molecule has 1 aromatic heterocycles. The average molecular weight is 338 g/mol. The molecule has 9 heteroatoms. The summed E-state index contributed by atoms with van der Waals surface area (Å²) in [5.74, 6) is -0.397. The maximum atomic E-state index is 12.4. The van der Waals surface area contributed by atoms with Gasteiger partial charge in [0.1, 0.15) is 4.21 Å². The number of rotatable bonds is 4. The quantitative estimate of drug-likeness (QED) is 0.871. The summed E-state index contributed by atoms with van der Waals surface area (Å²) in [4.78, 5) is 13.0. The largest absolute Gasteiger partial charge is 0.368 e. The Labute approximate surface area is 127 Å². The van der Waals surface area contributed by atoms with Gasteiger partial charge in [0.05, 0.1) is 10.4 Å². The third kappa shape index (κ3) is 3.15. The Balaban J connectivity index is 2.05. The van der Waals surface area contributed by atoms with Crippen LogP contribution >= 0.6 is 22.9 Å². The van der Waals surface area contributed by atoms with Gasteiger partial charge in [-0.2, -0.15) is 4.31 Å². The smallest absolute Gasteiger partial charge is 0.252 e. The van der Waals surface area contributed by atoms with Gasteiger partial charge in [0.15, 0.2) is 0 Å². The summed E-state index contributed by atoms with van der Waals surface area (Å²) in [5, 5.41) is 0. The minimum atomic E-state index is -3.49. The van der Waals surface area contributed by atoms with E-state index in [4.69, 9.17) is 17.3 Å². The number of nitrogens with zero attached hydrogens (tertiary/aromatic N) is 2. The zero-order valence-corrected chi connectivity index (χ0v) is 13.3. The highest BCUT2D eigenvalue weighted by Crippen LogP contribution is 2.28. The predicted molar refractivity (Wildman–Crippen MR) is 78.3 cm³/mol. The molecular weight excluding hydrogens is 322 g/mol. The van der Waals surface area contributed by atoms with E-state index in [2.05, 4.69) is 0 Å². The first-order chi connectivity index (χ1) is 9.32. The summed E-state index contributed by atoms with van der Waals surface area (Å²) >= 11 is 6.83. The molecule has 1 saturated heterocycles. The van der Waals surface area contributed by atoms with Crippen molar-refractivity contribution >= 4 is 38.9 Å². The Morgan fingerprint density at radius 1 is 1.35 bits per heavy atom. The van der Waals surface area contributed by atoms with Gasteiger partial charge in [0.2, 0.25) is 5.91 Å². The van der Waals surface area contributed by atoms with E-state index < -0.39 is 15.9 Å². The first-order valence-corrected chi connectivity index (χ1v) is 8.74. The molecule has 1 aliphatic rings. The zero-order valence-electron chi connectivity index (χ0n) is 11.0. The van der Waals surface area contributed by atoms with Crippen molar-refractivity contribution in [3.63, 3.8) is 0 Å². The van der Waals surface area contributed by atoms with Crippen LogP contribution in [0.1, 0.15) is 6.92 Å². The Hall–Kier alpha value is -0.670. The summed E-state index contributed by atoms with van der Waals surface area (Å²) in [6.07, 6.45) is 0. The van der Waals surface area contributed by atoms with E-state index in [-0.39, 0.29) is 10.3 Å². The number of hydrogen-bond acceptors (Lipinski definition) is 5. The normalized spacial score (nSPS) is 19.9. The maximum absolute atomic E-state index is 12.4. The van der Waals surface area contributed by atoms with Gasteiger partial charge >= 0.3 is 0 Å². The number of sulfonamides is 1. The van der Waals surface area contributed by atoms with E-state index in [1.54, 1.807) is 13.0 Å². The van der Waals surface area contributed by atoms with E-state index in [0.717, 1.165) is 11.3 Å². The molecule has 0 aliphatic carbocycles. The molecule has 1 atom stereocenters. The van der Waals surface area contributed by atoms with Crippen LogP contribution in [0.3, 0.4) is 0 Å². The van der Waals surface area contributed by atoms with Crippen LogP contribution in [0.5, 0.6) is 0 Å². The molecule has 0 bridgehead atoms. The molecule has 2 heterocycles. The summed E-state index contributed by atoms with van der Waals surface area (Å²) < 4.78 is 26.9. The molecule has 0 saturated carbocycles. The van der Waals surface area contributed by atoms with Crippen molar-refractivity contribution in [3.05, 3.63) is 16.5 Å². The van der Waals surface area contributed by atoms with Crippen LogP contribution < -0.4 is 5.73 Å². The number of primary amides is 1. The van der Waals surface area contributed by atoms with E-state index in [0.29, 0.717) is 30.5 Å². The van der Waals surface area contributed by atoms with Gasteiger partial charge in [0, 0.05) is 26.2 Å². The van der Waals surface area contributed by atoms with Crippen molar-refractivity contribution in [1.29, 1.82) is 0 Å². The summed E-state index contributed by atoms with van der Waals surface area (Å²) in [6, 6.07) is 2.71. The minimum absolute atomic E-state index is 0.249. The number of nitrogens with two attached hydrogens (primary N) is 1. The molecule has 112 valence electrons. The molecule has 2 N–H and O–H groups in total. The second-order valence-corrected chi connectivity index (χ2v) is 8.46. The number of piperazine rings is 1. The standard InChI is InChI=1S/C11H16ClN3O3S2/c1-8(11(13)16)14-4-6-15(7-5-14)20(17,18)10-3-2-9(12)19-10/h2-3,8H,4-7H2,1H3,(H2,13,16)/t8-/m1/s1. The molecule has 0 aromatic carbocycles. The van der Waals surface area contributed by atoms with Gasteiger partial charge in [-0.05, 0) is 19.1 Å². The number of carbonyl (C=O) groups excluding carboxylic acids is 1. The number of halogens is 1. The number of carbonyl (C=O) groups is 1. The third-order valence-corrected chi connectivity index (χ3v) is 6.97. The molecule has 6 nitrogen and oxygen atoms in total. The molecule has 1 aromatic rings. The lowest BCUT2D eigenvalue weighted by Gasteiger charge is -2.35. The van der Waals surface area contributed by atoms with E-state index in [9.17, 15) is 13.2 Å². The van der Waals surface area contributed by atoms with Crippen LogP contribution in [0.15, 0.2) is 16.3 Å². The maximum Gasteiger partial charge on any atom is 0.252 e. The molecule has 0 spiro atoms.